The number of aromatic nitrogens is 2. The Hall–Kier alpha value is -1.14. The Kier molecular flexibility index (Phi) is 9.60. The highest BCUT2D eigenvalue weighted by molar-refractivity contribution is 7.85. The van der Waals surface area contributed by atoms with Crippen LogP contribution in [0.4, 0.5) is 0 Å². The predicted octanol–water partition coefficient (Wildman–Crippen LogP) is 2.94. The van der Waals surface area contributed by atoms with Crippen molar-refractivity contribution in [1.82, 2.24) is 9.55 Å². The van der Waals surface area contributed by atoms with E-state index in [0.717, 1.165) is 6.26 Å². The van der Waals surface area contributed by atoms with Gasteiger partial charge >= 0.3 is 5.69 Å². The zero-order valence-electron chi connectivity index (χ0n) is 24.6. The highest BCUT2D eigenvalue weighted by atomic mass is 32.2. The van der Waals surface area contributed by atoms with Gasteiger partial charge in [0.05, 0.1) is 19.5 Å². The van der Waals surface area contributed by atoms with Crippen LogP contribution in [0.5, 0.6) is 0 Å². The van der Waals surface area contributed by atoms with Gasteiger partial charge in [0.1, 0.15) is 17.8 Å². The van der Waals surface area contributed by atoms with Gasteiger partial charge in [0.2, 0.25) is 0 Å². The van der Waals surface area contributed by atoms with Gasteiger partial charge in [0.15, 0.2) is 22.9 Å². The van der Waals surface area contributed by atoms with Gasteiger partial charge in [0.25, 0.3) is 15.7 Å². The van der Waals surface area contributed by atoms with Crippen LogP contribution in [0.15, 0.2) is 21.9 Å². The first-order valence-electron chi connectivity index (χ1n) is 12.8. The molecule has 0 spiro atoms. The van der Waals surface area contributed by atoms with Crippen molar-refractivity contribution in [1.29, 1.82) is 0 Å². The molecule has 0 bridgehead atoms. The minimum atomic E-state index is -3.77. The summed E-state index contributed by atoms with van der Waals surface area (Å²) < 4.78 is 49.0. The Bertz CT molecular complexity index is 1200. The van der Waals surface area contributed by atoms with Crippen LogP contribution in [0.3, 0.4) is 0 Å². The second-order valence-corrected chi connectivity index (χ2v) is 24.4. The number of rotatable bonds is 10. The fourth-order valence-electron chi connectivity index (χ4n) is 3.63. The SMILES string of the molecule is CC(C)(C)[Si](C)(C)OC[C@H]1O[C@@H](n2ccc(=O)[nH]c2=O)[C@H](O[Si](C)(C)C(C)(C)C)[C@@]1(O)CCOS(C)(=O)=O. The minimum Gasteiger partial charge on any atom is -0.414 e. The summed E-state index contributed by atoms with van der Waals surface area (Å²) in [5.41, 5.74) is -3.06. The first kappa shape index (κ1) is 33.1. The molecule has 1 fully saturated rings. The van der Waals surface area contributed by atoms with E-state index in [9.17, 15) is 23.1 Å². The third kappa shape index (κ3) is 7.53. The molecule has 1 aliphatic heterocycles. The minimum absolute atomic E-state index is 0.00215. The molecule has 1 aliphatic rings. The Balaban J connectivity index is 2.63. The summed E-state index contributed by atoms with van der Waals surface area (Å²) in [6, 6.07) is 1.19. The molecule has 0 unspecified atom stereocenters. The lowest BCUT2D eigenvalue weighted by Crippen LogP contribution is -2.57. The van der Waals surface area contributed by atoms with E-state index < -0.39 is 62.0 Å². The van der Waals surface area contributed by atoms with Crippen LogP contribution in [0.2, 0.25) is 36.3 Å². The first-order valence-corrected chi connectivity index (χ1v) is 20.4. The topological polar surface area (TPSA) is 146 Å². The number of hydrogen-bond acceptors (Lipinski definition) is 9. The lowest BCUT2D eigenvalue weighted by atomic mass is 9.89. The Morgan fingerprint density at radius 3 is 2.11 bits per heavy atom. The van der Waals surface area contributed by atoms with Gasteiger partial charge in [-0.3, -0.25) is 18.5 Å². The summed E-state index contributed by atoms with van der Waals surface area (Å²) in [5, 5.41) is 11.9. The van der Waals surface area contributed by atoms with E-state index in [1.807, 2.05) is 33.9 Å². The molecule has 4 atom stereocenters. The van der Waals surface area contributed by atoms with Crippen molar-refractivity contribution in [2.45, 2.75) is 108 Å². The molecule has 0 amide bonds. The monoisotopic (exact) mass is 594 g/mol. The number of H-pyrrole nitrogens is 1. The summed E-state index contributed by atoms with van der Waals surface area (Å²) in [7, 11) is -8.63. The number of nitrogens with one attached hydrogen (secondary N) is 1. The van der Waals surface area contributed by atoms with E-state index in [1.54, 1.807) is 0 Å². The third-order valence-electron chi connectivity index (χ3n) is 8.17. The van der Waals surface area contributed by atoms with Crippen LogP contribution in [0.1, 0.15) is 54.2 Å². The van der Waals surface area contributed by atoms with Crippen molar-refractivity contribution in [3.63, 3.8) is 0 Å². The fourth-order valence-corrected chi connectivity index (χ4v) is 6.32. The second kappa shape index (κ2) is 11.0. The molecular weight excluding hydrogens is 549 g/mol. The average molecular weight is 595 g/mol. The molecule has 11 nitrogen and oxygen atoms in total. The lowest BCUT2D eigenvalue weighted by molar-refractivity contribution is -0.0973. The Morgan fingerprint density at radius 2 is 1.63 bits per heavy atom. The number of aliphatic hydroxyl groups is 1. The number of nitrogens with zero attached hydrogens (tertiary/aromatic N) is 1. The number of ether oxygens (including phenoxy) is 1. The van der Waals surface area contributed by atoms with Gasteiger partial charge in [-0.2, -0.15) is 8.42 Å². The summed E-state index contributed by atoms with van der Waals surface area (Å²) in [6.07, 6.45) is -1.07. The second-order valence-electron chi connectivity index (χ2n) is 13.2. The van der Waals surface area contributed by atoms with Crippen molar-refractivity contribution in [3.8, 4) is 0 Å². The zero-order chi connectivity index (χ0) is 29.5. The molecular formula is C24H46N2O9SSi2. The maximum atomic E-state index is 12.8. The summed E-state index contributed by atoms with van der Waals surface area (Å²) >= 11 is 0. The molecule has 14 heteroatoms. The van der Waals surface area contributed by atoms with Crippen molar-refractivity contribution >= 4 is 26.8 Å². The van der Waals surface area contributed by atoms with Crippen LogP contribution in [-0.4, -0.2) is 77.0 Å². The van der Waals surface area contributed by atoms with Crippen molar-refractivity contribution in [2.24, 2.45) is 0 Å². The molecule has 1 aromatic heterocycles. The number of aromatic amines is 1. The van der Waals surface area contributed by atoms with Crippen LogP contribution in [0, 0.1) is 0 Å². The standard InChI is InChI=1S/C24H46N2O9SSi2/c1-22(2,3)37(8,9)33-16-17-24(29,13-15-32-36(7,30)31)19(35-38(10,11)23(4,5)6)20(34-17)26-14-12-18(27)25-21(26)28/h12,14,17,19-20,29H,13,15-16H2,1-11H3,(H,25,27,28)/t17-,19+,20-,24-/m1/s1. The van der Waals surface area contributed by atoms with E-state index in [0.29, 0.717) is 0 Å². The molecule has 0 radical (unpaired) electrons. The fraction of sp³-hybridized carbons (Fsp3) is 0.833. The molecule has 220 valence electrons. The van der Waals surface area contributed by atoms with Crippen molar-refractivity contribution in [3.05, 3.63) is 33.1 Å². The molecule has 0 aromatic carbocycles. The average Bonchev–Trinajstić information content (AvgIpc) is 2.95. The summed E-state index contributed by atoms with van der Waals surface area (Å²) in [5.74, 6) is 0. The third-order valence-corrected chi connectivity index (χ3v) is 17.7. The highest BCUT2D eigenvalue weighted by Crippen LogP contribution is 2.47. The van der Waals surface area contributed by atoms with Gasteiger partial charge in [-0.15, -0.1) is 0 Å². The van der Waals surface area contributed by atoms with Crippen LogP contribution < -0.4 is 11.2 Å². The van der Waals surface area contributed by atoms with E-state index in [2.05, 4.69) is 38.8 Å². The molecule has 2 N–H and O–H groups in total. The van der Waals surface area contributed by atoms with Gasteiger partial charge in [0, 0.05) is 18.7 Å². The highest BCUT2D eigenvalue weighted by Gasteiger charge is 2.60. The van der Waals surface area contributed by atoms with Gasteiger partial charge in [-0.05, 0) is 36.3 Å². The predicted molar refractivity (Wildman–Crippen MR) is 151 cm³/mol. The van der Waals surface area contributed by atoms with Crippen molar-refractivity contribution in [2.75, 3.05) is 19.5 Å². The maximum Gasteiger partial charge on any atom is 0.330 e. The number of hydrogen-bond donors (Lipinski definition) is 2. The summed E-state index contributed by atoms with van der Waals surface area (Å²) in [4.78, 5) is 26.8. The Morgan fingerprint density at radius 1 is 1.08 bits per heavy atom. The molecule has 2 rings (SSSR count). The zero-order valence-corrected chi connectivity index (χ0v) is 27.4. The van der Waals surface area contributed by atoms with Crippen molar-refractivity contribution < 1.29 is 31.3 Å². The van der Waals surface area contributed by atoms with E-state index in [4.69, 9.17) is 17.8 Å². The molecule has 1 aromatic rings. The smallest absolute Gasteiger partial charge is 0.330 e. The molecule has 2 heterocycles. The first-order chi connectivity index (χ1) is 16.9. The molecule has 0 aliphatic carbocycles. The summed E-state index contributed by atoms with van der Waals surface area (Å²) in [6.45, 7) is 20.2. The largest absolute Gasteiger partial charge is 0.414 e. The van der Waals surface area contributed by atoms with Crippen LogP contribution in [-0.2, 0) is 27.9 Å². The van der Waals surface area contributed by atoms with Crippen LogP contribution in [0.25, 0.3) is 0 Å². The normalized spacial score (nSPS) is 25.6. The van der Waals surface area contributed by atoms with Gasteiger partial charge < -0.3 is 18.7 Å². The quantitative estimate of drug-likeness (QED) is 0.308. The van der Waals surface area contributed by atoms with Gasteiger partial charge in [-0.25, -0.2) is 4.79 Å². The maximum absolute atomic E-state index is 12.8. The Labute approximate surface area is 228 Å². The molecule has 38 heavy (non-hydrogen) atoms. The van der Waals surface area contributed by atoms with E-state index >= 15 is 0 Å². The molecule has 0 saturated carbocycles. The van der Waals surface area contributed by atoms with Gasteiger partial charge in [-0.1, -0.05) is 41.5 Å². The molecule has 1 saturated heterocycles. The van der Waals surface area contributed by atoms with Crippen LogP contribution >= 0.6 is 0 Å². The lowest BCUT2D eigenvalue weighted by Gasteiger charge is -2.43. The van der Waals surface area contributed by atoms with E-state index in [1.165, 1.54) is 16.8 Å². The van der Waals surface area contributed by atoms with E-state index in [-0.39, 0.29) is 29.7 Å².